The third-order valence-corrected chi connectivity index (χ3v) is 4.91. The summed E-state index contributed by atoms with van der Waals surface area (Å²) in [5.41, 5.74) is 2.64. The molecule has 22 heavy (non-hydrogen) atoms. The Morgan fingerprint density at radius 3 is 3.05 bits per heavy atom. The van der Waals surface area contributed by atoms with Gasteiger partial charge in [0.1, 0.15) is 5.82 Å². The molecule has 1 aromatic carbocycles. The lowest BCUT2D eigenvalue weighted by molar-refractivity contribution is 0.647. The Balaban J connectivity index is 1.79. The smallest absolute Gasteiger partial charge is 0.340 e. The maximum atomic E-state index is 12.3. The lowest BCUT2D eigenvalue weighted by Gasteiger charge is -2.19. The fraction of sp³-hybridized carbons (Fsp3) is 0.125. The van der Waals surface area contributed by atoms with Gasteiger partial charge < -0.3 is 5.32 Å². The molecule has 4 rings (SSSR count). The Kier molecular flexibility index (Phi) is 3.24. The first-order chi connectivity index (χ1) is 10.7. The summed E-state index contributed by atoms with van der Waals surface area (Å²) in [4.78, 5) is 17.7. The number of nitrogens with one attached hydrogen (secondary N) is 1. The van der Waals surface area contributed by atoms with E-state index in [4.69, 9.17) is 11.6 Å². The number of hydrogen-bond donors (Lipinski definition) is 1. The van der Waals surface area contributed by atoms with Crippen LogP contribution in [0.2, 0.25) is 5.02 Å². The zero-order valence-corrected chi connectivity index (χ0v) is 13.1. The number of aromatic nitrogens is 2. The van der Waals surface area contributed by atoms with Crippen LogP contribution in [0.4, 0.5) is 11.5 Å². The summed E-state index contributed by atoms with van der Waals surface area (Å²) in [7, 11) is 0. The largest absolute Gasteiger partial charge is 0.350 e. The van der Waals surface area contributed by atoms with Crippen molar-refractivity contribution in [2.45, 2.75) is 13.0 Å². The Labute approximate surface area is 136 Å². The van der Waals surface area contributed by atoms with Crippen molar-refractivity contribution in [3.8, 4) is 11.3 Å². The molecule has 0 amide bonds. The fourth-order valence-corrected chi connectivity index (χ4v) is 3.77. The van der Waals surface area contributed by atoms with Crippen LogP contribution in [0.1, 0.15) is 4.88 Å². The topological polar surface area (TPSA) is 46.9 Å². The first kappa shape index (κ1) is 13.5. The van der Waals surface area contributed by atoms with Gasteiger partial charge in [-0.15, -0.1) is 11.3 Å². The third-order valence-electron chi connectivity index (χ3n) is 3.69. The molecule has 0 fully saturated rings. The van der Waals surface area contributed by atoms with Gasteiger partial charge in [-0.1, -0.05) is 17.7 Å². The number of thiophene rings is 1. The number of benzene rings is 1. The average molecular weight is 330 g/mol. The van der Waals surface area contributed by atoms with Crippen molar-refractivity contribution in [1.82, 2.24) is 9.55 Å². The van der Waals surface area contributed by atoms with Crippen molar-refractivity contribution in [2.24, 2.45) is 0 Å². The van der Waals surface area contributed by atoms with Crippen LogP contribution in [0.3, 0.4) is 0 Å². The minimum absolute atomic E-state index is 0.223. The van der Waals surface area contributed by atoms with E-state index in [1.807, 2.05) is 18.2 Å². The SMILES string of the molecule is O=c1nc(Nc2cccc(Cl)c2)cc2n1CCc1sccc1-2. The van der Waals surface area contributed by atoms with Crippen LogP contribution < -0.4 is 11.0 Å². The van der Waals surface area contributed by atoms with Crippen LogP contribution in [-0.4, -0.2) is 9.55 Å². The highest BCUT2D eigenvalue weighted by atomic mass is 35.5. The van der Waals surface area contributed by atoms with E-state index >= 15 is 0 Å². The van der Waals surface area contributed by atoms with Crippen LogP contribution in [0.15, 0.2) is 46.6 Å². The predicted octanol–water partition coefficient (Wildman–Crippen LogP) is 3.92. The van der Waals surface area contributed by atoms with Crippen molar-refractivity contribution < 1.29 is 0 Å². The zero-order chi connectivity index (χ0) is 15.1. The number of fused-ring (bicyclic) bond motifs is 3. The van der Waals surface area contributed by atoms with E-state index in [1.165, 1.54) is 4.88 Å². The van der Waals surface area contributed by atoms with Gasteiger partial charge in [-0.25, -0.2) is 4.79 Å². The molecule has 0 bridgehead atoms. The quantitative estimate of drug-likeness (QED) is 0.775. The van der Waals surface area contributed by atoms with Crippen LogP contribution in [-0.2, 0) is 13.0 Å². The Bertz CT molecular complexity index is 916. The summed E-state index contributed by atoms with van der Waals surface area (Å²) in [6.07, 6.45) is 0.892. The van der Waals surface area contributed by atoms with Gasteiger partial charge >= 0.3 is 5.69 Å². The number of nitrogens with zero attached hydrogens (tertiary/aromatic N) is 2. The van der Waals surface area contributed by atoms with Gasteiger partial charge in [-0.3, -0.25) is 4.57 Å². The molecule has 1 aliphatic heterocycles. The molecule has 0 saturated heterocycles. The van der Waals surface area contributed by atoms with E-state index < -0.39 is 0 Å². The van der Waals surface area contributed by atoms with Crippen LogP contribution >= 0.6 is 22.9 Å². The fourth-order valence-electron chi connectivity index (χ4n) is 2.70. The van der Waals surface area contributed by atoms with Crippen molar-refractivity contribution in [2.75, 3.05) is 5.32 Å². The average Bonchev–Trinajstić information content (AvgIpc) is 2.96. The first-order valence-electron chi connectivity index (χ1n) is 6.92. The molecule has 1 N–H and O–H groups in total. The van der Waals surface area contributed by atoms with E-state index in [0.29, 0.717) is 17.4 Å². The third kappa shape index (κ3) is 2.32. The second-order valence-corrected chi connectivity index (χ2v) is 6.54. The Hall–Kier alpha value is -2.11. The maximum Gasteiger partial charge on any atom is 0.350 e. The molecule has 6 heteroatoms. The van der Waals surface area contributed by atoms with Crippen LogP contribution in [0.25, 0.3) is 11.3 Å². The Morgan fingerprint density at radius 1 is 1.27 bits per heavy atom. The summed E-state index contributed by atoms with van der Waals surface area (Å²) >= 11 is 7.72. The lowest BCUT2D eigenvalue weighted by atomic mass is 10.1. The summed E-state index contributed by atoms with van der Waals surface area (Å²) in [5, 5.41) is 5.86. The molecule has 4 nitrogen and oxygen atoms in total. The maximum absolute atomic E-state index is 12.3. The number of hydrogen-bond acceptors (Lipinski definition) is 4. The molecule has 3 heterocycles. The van der Waals surface area contributed by atoms with Gasteiger partial charge in [0.2, 0.25) is 0 Å². The van der Waals surface area contributed by atoms with E-state index in [1.54, 1.807) is 28.0 Å². The standard InChI is InChI=1S/C16H12ClN3OS/c17-10-2-1-3-11(8-10)18-15-9-13-12-5-7-22-14(12)4-6-20(13)16(21)19-15/h1-3,5,7-9H,4,6H2,(H,18,19,21). The first-order valence-corrected chi connectivity index (χ1v) is 8.18. The van der Waals surface area contributed by atoms with Crippen molar-refractivity contribution in [1.29, 1.82) is 0 Å². The van der Waals surface area contributed by atoms with E-state index in [0.717, 1.165) is 23.4 Å². The zero-order valence-electron chi connectivity index (χ0n) is 11.5. The normalized spacial score (nSPS) is 12.6. The highest BCUT2D eigenvalue weighted by Crippen LogP contribution is 2.33. The van der Waals surface area contributed by atoms with E-state index in [-0.39, 0.29) is 5.69 Å². The molecule has 110 valence electrons. The lowest BCUT2D eigenvalue weighted by Crippen LogP contribution is -2.28. The summed E-state index contributed by atoms with van der Waals surface area (Å²) < 4.78 is 1.73. The highest BCUT2D eigenvalue weighted by Gasteiger charge is 2.19. The van der Waals surface area contributed by atoms with Crippen LogP contribution in [0, 0.1) is 0 Å². The summed E-state index contributed by atoms with van der Waals surface area (Å²) in [6.45, 7) is 0.687. The van der Waals surface area contributed by atoms with Gasteiger partial charge in [0.05, 0.1) is 5.69 Å². The van der Waals surface area contributed by atoms with Gasteiger partial charge in [0.15, 0.2) is 0 Å². The molecule has 0 atom stereocenters. The monoisotopic (exact) mass is 329 g/mol. The molecule has 2 aromatic heterocycles. The number of aryl methyl sites for hydroxylation is 1. The van der Waals surface area contributed by atoms with Gasteiger partial charge in [0, 0.05) is 40.2 Å². The molecule has 0 unspecified atom stereocenters. The molecule has 0 aliphatic carbocycles. The van der Waals surface area contributed by atoms with Crippen molar-refractivity contribution in [3.05, 3.63) is 62.2 Å². The number of anilines is 2. The minimum atomic E-state index is -0.223. The van der Waals surface area contributed by atoms with Crippen molar-refractivity contribution >= 4 is 34.4 Å². The van der Waals surface area contributed by atoms with E-state index in [9.17, 15) is 4.79 Å². The number of halogens is 1. The molecule has 0 saturated carbocycles. The molecule has 0 radical (unpaired) electrons. The minimum Gasteiger partial charge on any atom is -0.340 e. The van der Waals surface area contributed by atoms with Gasteiger partial charge in [-0.05, 0) is 29.6 Å². The predicted molar refractivity (Wildman–Crippen MR) is 90.2 cm³/mol. The van der Waals surface area contributed by atoms with Crippen molar-refractivity contribution in [3.63, 3.8) is 0 Å². The summed E-state index contributed by atoms with van der Waals surface area (Å²) in [5.74, 6) is 0.539. The molecule has 0 spiro atoms. The molecular weight excluding hydrogens is 318 g/mol. The highest BCUT2D eigenvalue weighted by molar-refractivity contribution is 7.10. The molecule has 3 aromatic rings. The summed E-state index contributed by atoms with van der Waals surface area (Å²) in [6, 6.07) is 11.3. The Morgan fingerprint density at radius 2 is 2.18 bits per heavy atom. The van der Waals surface area contributed by atoms with Gasteiger partial charge in [0.25, 0.3) is 0 Å². The van der Waals surface area contributed by atoms with E-state index in [2.05, 4.69) is 21.7 Å². The second-order valence-electron chi connectivity index (χ2n) is 5.10. The number of rotatable bonds is 2. The van der Waals surface area contributed by atoms with Gasteiger partial charge in [-0.2, -0.15) is 4.98 Å². The van der Waals surface area contributed by atoms with Crippen LogP contribution in [0.5, 0.6) is 0 Å². The molecular formula is C16H12ClN3OS. The molecule has 1 aliphatic rings. The second kappa shape index (κ2) is 5.26.